The second kappa shape index (κ2) is 8.71. The van der Waals surface area contributed by atoms with Crippen LogP contribution in [0.2, 0.25) is 5.02 Å². The van der Waals surface area contributed by atoms with Gasteiger partial charge in [0.1, 0.15) is 5.75 Å². The first-order chi connectivity index (χ1) is 10.3. The zero-order valence-corrected chi connectivity index (χ0v) is 13.1. The Bertz CT molecular complexity index is 530. The number of likely N-dealkylation sites (N-methyl/N-ethyl adjacent to an activating group) is 1. The molecule has 0 saturated carbocycles. The van der Waals surface area contributed by atoms with Gasteiger partial charge in [-0.25, -0.2) is 0 Å². The predicted molar refractivity (Wildman–Crippen MR) is 89.2 cm³/mol. The number of para-hydroxylation sites is 1. The Labute approximate surface area is 132 Å². The van der Waals surface area contributed by atoms with Crippen LogP contribution in [0.1, 0.15) is 18.9 Å². The summed E-state index contributed by atoms with van der Waals surface area (Å²) in [7, 11) is 0. The highest BCUT2D eigenvalue weighted by Gasteiger charge is 2.09. The topological polar surface area (TPSA) is 21.3 Å². The highest BCUT2D eigenvalue weighted by Crippen LogP contribution is 2.14. The van der Waals surface area contributed by atoms with Crippen LogP contribution in [-0.4, -0.2) is 19.2 Å². The molecule has 0 fully saturated rings. The first kappa shape index (κ1) is 15.9. The van der Waals surface area contributed by atoms with Crippen molar-refractivity contribution in [2.75, 3.05) is 13.2 Å². The molecule has 0 bridgehead atoms. The minimum atomic E-state index is 0.400. The molecule has 0 aliphatic rings. The lowest BCUT2D eigenvalue weighted by molar-refractivity contribution is 0.285. The van der Waals surface area contributed by atoms with Crippen LogP contribution < -0.4 is 10.1 Å². The molecule has 21 heavy (non-hydrogen) atoms. The zero-order valence-electron chi connectivity index (χ0n) is 12.4. The van der Waals surface area contributed by atoms with Crippen LogP contribution in [0.3, 0.4) is 0 Å². The van der Waals surface area contributed by atoms with E-state index < -0.39 is 0 Å². The van der Waals surface area contributed by atoms with Gasteiger partial charge in [0.15, 0.2) is 0 Å². The first-order valence-electron chi connectivity index (χ1n) is 7.43. The minimum absolute atomic E-state index is 0.400. The molecule has 112 valence electrons. The Balaban J connectivity index is 1.84. The number of hydrogen-bond acceptors (Lipinski definition) is 2. The van der Waals surface area contributed by atoms with Crippen molar-refractivity contribution in [1.82, 2.24) is 5.32 Å². The van der Waals surface area contributed by atoms with Crippen molar-refractivity contribution < 1.29 is 4.74 Å². The van der Waals surface area contributed by atoms with Crippen molar-refractivity contribution >= 4 is 11.6 Å². The Morgan fingerprint density at radius 1 is 1.10 bits per heavy atom. The van der Waals surface area contributed by atoms with Crippen LogP contribution in [-0.2, 0) is 6.42 Å². The summed E-state index contributed by atoms with van der Waals surface area (Å²) < 4.78 is 5.78. The number of nitrogens with one attached hydrogen (secondary N) is 1. The summed E-state index contributed by atoms with van der Waals surface area (Å²) >= 11 is 6.04. The lowest BCUT2D eigenvalue weighted by Gasteiger charge is -2.18. The SMILES string of the molecule is CCNC(CCOc1ccccc1)Cc1cccc(Cl)c1. The molecule has 0 aliphatic carbocycles. The Hall–Kier alpha value is -1.51. The maximum absolute atomic E-state index is 6.04. The second-order valence-corrected chi connectivity index (χ2v) is 5.48. The summed E-state index contributed by atoms with van der Waals surface area (Å²) in [4.78, 5) is 0. The Kier molecular flexibility index (Phi) is 6.58. The van der Waals surface area contributed by atoms with E-state index in [0.717, 1.165) is 30.2 Å². The molecule has 0 amide bonds. The number of benzene rings is 2. The van der Waals surface area contributed by atoms with Crippen LogP contribution in [0.5, 0.6) is 5.75 Å². The van der Waals surface area contributed by atoms with Gasteiger partial charge in [0.2, 0.25) is 0 Å². The van der Waals surface area contributed by atoms with E-state index in [0.29, 0.717) is 12.6 Å². The fourth-order valence-corrected chi connectivity index (χ4v) is 2.56. The third kappa shape index (κ3) is 5.78. The van der Waals surface area contributed by atoms with E-state index in [1.165, 1.54) is 5.56 Å². The van der Waals surface area contributed by atoms with E-state index in [4.69, 9.17) is 16.3 Å². The molecule has 0 radical (unpaired) electrons. The fourth-order valence-electron chi connectivity index (χ4n) is 2.35. The van der Waals surface area contributed by atoms with Gasteiger partial charge in [0, 0.05) is 11.1 Å². The number of hydrogen-bond donors (Lipinski definition) is 1. The molecule has 1 N–H and O–H groups in total. The summed E-state index contributed by atoms with van der Waals surface area (Å²) in [5.41, 5.74) is 1.26. The second-order valence-electron chi connectivity index (χ2n) is 5.04. The molecule has 0 heterocycles. The summed E-state index contributed by atoms with van der Waals surface area (Å²) in [6, 6.07) is 18.4. The van der Waals surface area contributed by atoms with Gasteiger partial charge < -0.3 is 10.1 Å². The smallest absolute Gasteiger partial charge is 0.119 e. The third-order valence-corrected chi connectivity index (χ3v) is 3.58. The molecule has 1 atom stereocenters. The van der Waals surface area contributed by atoms with Crippen molar-refractivity contribution in [3.05, 3.63) is 65.2 Å². The highest BCUT2D eigenvalue weighted by atomic mass is 35.5. The maximum Gasteiger partial charge on any atom is 0.119 e. The van der Waals surface area contributed by atoms with Crippen LogP contribution in [0.25, 0.3) is 0 Å². The highest BCUT2D eigenvalue weighted by molar-refractivity contribution is 6.30. The quantitative estimate of drug-likeness (QED) is 0.784. The molecular formula is C18H22ClNO. The van der Waals surface area contributed by atoms with Gasteiger partial charge in [-0.3, -0.25) is 0 Å². The Morgan fingerprint density at radius 3 is 2.62 bits per heavy atom. The van der Waals surface area contributed by atoms with Gasteiger partial charge >= 0.3 is 0 Å². The summed E-state index contributed by atoms with van der Waals surface area (Å²) in [6.45, 7) is 3.79. The van der Waals surface area contributed by atoms with Gasteiger partial charge in [-0.15, -0.1) is 0 Å². The average Bonchev–Trinajstić information content (AvgIpc) is 2.48. The van der Waals surface area contributed by atoms with E-state index in [2.05, 4.69) is 18.3 Å². The standard InChI is InChI=1S/C18H22ClNO/c1-2-20-17(14-15-7-6-8-16(19)13-15)11-12-21-18-9-4-3-5-10-18/h3-10,13,17,20H,2,11-12,14H2,1H3. The molecule has 2 rings (SSSR count). The van der Waals surface area contributed by atoms with Gasteiger partial charge in [-0.05, 0) is 49.2 Å². The molecule has 0 saturated heterocycles. The van der Waals surface area contributed by atoms with Crippen molar-refractivity contribution in [1.29, 1.82) is 0 Å². The van der Waals surface area contributed by atoms with E-state index >= 15 is 0 Å². The molecule has 2 aromatic rings. The van der Waals surface area contributed by atoms with Crippen LogP contribution in [0.15, 0.2) is 54.6 Å². The summed E-state index contributed by atoms with van der Waals surface area (Å²) in [5, 5.41) is 4.31. The van der Waals surface area contributed by atoms with E-state index in [1.807, 2.05) is 48.5 Å². The van der Waals surface area contributed by atoms with E-state index in [-0.39, 0.29) is 0 Å². The maximum atomic E-state index is 6.04. The molecule has 2 nitrogen and oxygen atoms in total. The van der Waals surface area contributed by atoms with E-state index in [1.54, 1.807) is 0 Å². The summed E-state index contributed by atoms with van der Waals surface area (Å²) in [5.74, 6) is 0.926. The average molecular weight is 304 g/mol. The predicted octanol–water partition coefficient (Wildman–Crippen LogP) is 4.33. The van der Waals surface area contributed by atoms with Gasteiger partial charge in [-0.1, -0.05) is 48.9 Å². The fraction of sp³-hybridized carbons (Fsp3) is 0.333. The molecule has 0 aromatic heterocycles. The largest absolute Gasteiger partial charge is 0.494 e. The van der Waals surface area contributed by atoms with Crippen molar-refractivity contribution in [3.63, 3.8) is 0 Å². The molecule has 2 aromatic carbocycles. The monoisotopic (exact) mass is 303 g/mol. The Morgan fingerprint density at radius 2 is 1.90 bits per heavy atom. The van der Waals surface area contributed by atoms with Crippen molar-refractivity contribution in [2.45, 2.75) is 25.8 Å². The minimum Gasteiger partial charge on any atom is -0.494 e. The summed E-state index contributed by atoms with van der Waals surface area (Å²) in [6.07, 6.45) is 1.93. The van der Waals surface area contributed by atoms with Crippen LogP contribution in [0, 0.1) is 0 Å². The normalized spacial score (nSPS) is 12.1. The lowest BCUT2D eigenvalue weighted by Crippen LogP contribution is -2.32. The van der Waals surface area contributed by atoms with Crippen molar-refractivity contribution in [2.24, 2.45) is 0 Å². The number of halogens is 1. The van der Waals surface area contributed by atoms with E-state index in [9.17, 15) is 0 Å². The van der Waals surface area contributed by atoms with Crippen molar-refractivity contribution in [3.8, 4) is 5.75 Å². The third-order valence-electron chi connectivity index (χ3n) is 3.34. The molecule has 0 aliphatic heterocycles. The zero-order chi connectivity index (χ0) is 14.9. The van der Waals surface area contributed by atoms with Gasteiger partial charge in [0.05, 0.1) is 6.61 Å². The molecule has 3 heteroatoms. The molecule has 0 spiro atoms. The number of ether oxygens (including phenoxy) is 1. The molecule has 1 unspecified atom stereocenters. The van der Waals surface area contributed by atoms with Crippen LogP contribution >= 0.6 is 11.6 Å². The number of rotatable bonds is 8. The van der Waals surface area contributed by atoms with Gasteiger partial charge in [-0.2, -0.15) is 0 Å². The van der Waals surface area contributed by atoms with Gasteiger partial charge in [0.25, 0.3) is 0 Å². The van der Waals surface area contributed by atoms with Crippen LogP contribution in [0.4, 0.5) is 0 Å². The lowest BCUT2D eigenvalue weighted by atomic mass is 10.0. The molecular weight excluding hydrogens is 282 g/mol. The first-order valence-corrected chi connectivity index (χ1v) is 7.81.